The van der Waals surface area contributed by atoms with Gasteiger partial charge in [-0.25, -0.2) is 0 Å². The molecule has 3 aliphatic heterocycles. The summed E-state index contributed by atoms with van der Waals surface area (Å²) in [5.41, 5.74) is 0.315. The first kappa shape index (κ1) is 26.3. The van der Waals surface area contributed by atoms with Crippen LogP contribution in [0.1, 0.15) is 96.1 Å². The topological polar surface area (TPSA) is 85.3 Å². The van der Waals surface area contributed by atoms with E-state index in [-0.39, 0.29) is 23.9 Å². The van der Waals surface area contributed by atoms with Gasteiger partial charge in [0.1, 0.15) is 5.60 Å². The van der Waals surface area contributed by atoms with Crippen LogP contribution < -0.4 is 9.47 Å². The van der Waals surface area contributed by atoms with Crippen LogP contribution in [0.4, 0.5) is 0 Å². The predicted octanol–water partition coefficient (Wildman–Crippen LogP) is 5.76. The Morgan fingerprint density at radius 2 is 1.92 bits per heavy atom. The number of nitrogens with zero attached hydrogens (tertiary/aromatic N) is 1. The largest absolute Gasteiger partial charge is 0.490 e. The number of hydrogen-bond acceptors (Lipinski definition) is 5. The Kier molecular flexibility index (Phi) is 7.71. The Morgan fingerprint density at radius 1 is 1.16 bits per heavy atom. The van der Waals surface area contributed by atoms with E-state index < -0.39 is 11.6 Å². The number of piperidine rings is 1. The van der Waals surface area contributed by atoms with E-state index in [4.69, 9.17) is 14.2 Å². The maximum atomic E-state index is 13.0. The van der Waals surface area contributed by atoms with Crippen molar-refractivity contribution in [3.63, 3.8) is 0 Å². The summed E-state index contributed by atoms with van der Waals surface area (Å²) >= 11 is 0. The second kappa shape index (κ2) is 10.8. The highest BCUT2D eigenvalue weighted by Crippen LogP contribution is 2.58. The lowest BCUT2D eigenvalue weighted by Gasteiger charge is -2.55. The molecule has 7 heteroatoms. The maximum absolute atomic E-state index is 13.0. The van der Waals surface area contributed by atoms with Crippen LogP contribution in [0.2, 0.25) is 0 Å². The molecule has 1 N–H and O–H groups in total. The van der Waals surface area contributed by atoms with E-state index in [0.29, 0.717) is 49.4 Å². The zero-order valence-corrected chi connectivity index (χ0v) is 22.5. The summed E-state index contributed by atoms with van der Waals surface area (Å²) in [4.78, 5) is 26.7. The molecule has 1 amide bonds. The molecule has 5 rings (SSSR count). The Bertz CT molecular complexity index is 980. The molecular weight excluding hydrogens is 470 g/mol. The first-order chi connectivity index (χ1) is 17.8. The van der Waals surface area contributed by atoms with Gasteiger partial charge in [-0.1, -0.05) is 31.4 Å². The predicted molar refractivity (Wildman–Crippen MR) is 140 cm³/mol. The molecule has 1 spiro atoms. The van der Waals surface area contributed by atoms with E-state index in [2.05, 4.69) is 11.0 Å². The van der Waals surface area contributed by atoms with Crippen molar-refractivity contribution < 1.29 is 28.9 Å². The molecule has 2 saturated heterocycles. The number of hydrogen-bond donors (Lipinski definition) is 1. The molecule has 204 valence electrons. The summed E-state index contributed by atoms with van der Waals surface area (Å²) in [7, 11) is 0. The number of ether oxygens (including phenoxy) is 3. The molecule has 3 fully saturated rings. The number of benzene rings is 1. The molecule has 0 radical (unpaired) electrons. The minimum atomic E-state index is -0.818. The van der Waals surface area contributed by atoms with E-state index in [1.165, 1.54) is 32.1 Å². The fourth-order valence-corrected chi connectivity index (χ4v) is 7.24. The van der Waals surface area contributed by atoms with Gasteiger partial charge in [-0.3, -0.25) is 9.59 Å². The zero-order valence-electron chi connectivity index (χ0n) is 22.5. The number of amides is 1. The number of fused-ring (bicyclic) bond motifs is 3. The number of carbonyl (C=O) groups excluding carboxylic acids is 1. The first-order valence-corrected chi connectivity index (χ1v) is 14.4. The molecule has 3 atom stereocenters. The standard InChI is InChI=1S/C30H43NO6/c1-3-35-24-11-7-10-22-27-23(29(2,37-28(22)24)13-12-26(33)34)19-30(20-36-27)14-16-31(17-15-30)25(32)18-21-8-5-4-6-9-21/h7,10-11,21,23,27H,3-6,8-9,12-20H2,1-2H3,(H,33,34)/t23-,27+,29+/m0/s1. The molecule has 7 nitrogen and oxygen atoms in total. The third-order valence-electron chi connectivity index (χ3n) is 9.52. The average molecular weight is 514 g/mol. The van der Waals surface area contributed by atoms with Gasteiger partial charge >= 0.3 is 5.97 Å². The molecule has 1 saturated carbocycles. The first-order valence-electron chi connectivity index (χ1n) is 14.4. The monoisotopic (exact) mass is 513 g/mol. The number of likely N-dealkylation sites (tertiary alicyclic amines) is 1. The van der Waals surface area contributed by atoms with Crippen LogP contribution in [-0.2, 0) is 14.3 Å². The Labute approximate surface area is 220 Å². The molecule has 1 aliphatic carbocycles. The molecule has 1 aromatic carbocycles. The molecule has 37 heavy (non-hydrogen) atoms. The van der Waals surface area contributed by atoms with Gasteiger partial charge in [0, 0.05) is 37.4 Å². The smallest absolute Gasteiger partial charge is 0.303 e. The number of carbonyl (C=O) groups is 2. The normalized spacial score (nSPS) is 29.2. The van der Waals surface area contributed by atoms with Crippen LogP contribution in [-0.4, -0.2) is 53.8 Å². The van der Waals surface area contributed by atoms with Crippen molar-refractivity contribution >= 4 is 11.9 Å². The van der Waals surface area contributed by atoms with Crippen LogP contribution in [0, 0.1) is 17.3 Å². The second-order valence-electron chi connectivity index (χ2n) is 12.0. The van der Waals surface area contributed by atoms with Crippen molar-refractivity contribution in [3.8, 4) is 11.5 Å². The van der Waals surface area contributed by atoms with Crippen LogP contribution in [0.5, 0.6) is 11.5 Å². The van der Waals surface area contributed by atoms with Gasteiger partial charge < -0.3 is 24.2 Å². The Morgan fingerprint density at radius 3 is 2.62 bits per heavy atom. The van der Waals surface area contributed by atoms with E-state index in [1.54, 1.807) is 0 Å². The third-order valence-corrected chi connectivity index (χ3v) is 9.52. The minimum absolute atomic E-state index is 0.00827. The van der Waals surface area contributed by atoms with Crippen LogP contribution in [0.15, 0.2) is 18.2 Å². The van der Waals surface area contributed by atoms with Crippen LogP contribution in [0.3, 0.4) is 0 Å². The number of rotatable bonds is 7. The lowest BCUT2D eigenvalue weighted by atomic mass is 9.63. The van der Waals surface area contributed by atoms with Crippen molar-refractivity contribution in [2.24, 2.45) is 17.3 Å². The van der Waals surface area contributed by atoms with E-state index in [1.807, 2.05) is 26.0 Å². The average Bonchev–Trinajstić information content (AvgIpc) is 2.89. The SMILES string of the molecule is CCOc1cccc2c1O[C@](C)(CCC(=O)O)[C@H]1CC3(CCN(C(=O)CC4CCCCC4)CC3)CO[C@H]21. The van der Waals surface area contributed by atoms with Crippen LogP contribution >= 0.6 is 0 Å². The summed E-state index contributed by atoms with van der Waals surface area (Å²) in [6.45, 7) is 6.74. The number of carboxylic acids is 1. The highest BCUT2D eigenvalue weighted by molar-refractivity contribution is 5.76. The molecule has 0 unspecified atom stereocenters. The Balaban J connectivity index is 1.31. The highest BCUT2D eigenvalue weighted by Gasteiger charge is 2.55. The molecule has 0 bridgehead atoms. The van der Waals surface area contributed by atoms with Crippen molar-refractivity contribution in [1.29, 1.82) is 0 Å². The highest BCUT2D eigenvalue weighted by atomic mass is 16.5. The summed E-state index contributed by atoms with van der Waals surface area (Å²) in [6, 6.07) is 5.94. The van der Waals surface area contributed by atoms with Gasteiger partial charge in [0.15, 0.2) is 11.5 Å². The summed E-state index contributed by atoms with van der Waals surface area (Å²) in [6.07, 6.45) is 10.00. The van der Waals surface area contributed by atoms with Gasteiger partial charge in [-0.15, -0.1) is 0 Å². The number of para-hydroxylation sites is 1. The molecule has 1 aromatic rings. The maximum Gasteiger partial charge on any atom is 0.303 e. The van der Waals surface area contributed by atoms with Gasteiger partial charge in [-0.2, -0.15) is 0 Å². The fraction of sp³-hybridized carbons (Fsp3) is 0.733. The van der Waals surface area contributed by atoms with E-state index in [9.17, 15) is 14.7 Å². The summed E-state index contributed by atoms with van der Waals surface area (Å²) < 4.78 is 19.2. The van der Waals surface area contributed by atoms with Gasteiger partial charge in [-0.05, 0) is 69.8 Å². The molecule has 4 aliphatic rings. The lowest BCUT2D eigenvalue weighted by Crippen LogP contribution is -2.56. The summed E-state index contributed by atoms with van der Waals surface area (Å²) in [5.74, 6) is 1.48. The van der Waals surface area contributed by atoms with Gasteiger partial charge in [0.05, 0.1) is 19.3 Å². The van der Waals surface area contributed by atoms with Crippen molar-refractivity contribution in [2.45, 2.75) is 96.2 Å². The van der Waals surface area contributed by atoms with Crippen LogP contribution in [0.25, 0.3) is 0 Å². The van der Waals surface area contributed by atoms with Gasteiger partial charge in [0.2, 0.25) is 5.91 Å². The van der Waals surface area contributed by atoms with Crippen molar-refractivity contribution in [2.75, 3.05) is 26.3 Å². The quantitative estimate of drug-likeness (QED) is 0.499. The second-order valence-corrected chi connectivity index (χ2v) is 12.0. The summed E-state index contributed by atoms with van der Waals surface area (Å²) in [5, 5.41) is 9.48. The van der Waals surface area contributed by atoms with E-state index >= 15 is 0 Å². The minimum Gasteiger partial charge on any atom is -0.490 e. The number of carboxylic acid groups (broad SMARTS) is 1. The molecule has 0 aromatic heterocycles. The van der Waals surface area contributed by atoms with Gasteiger partial charge in [0.25, 0.3) is 0 Å². The third kappa shape index (κ3) is 5.47. The Hall–Kier alpha value is -2.28. The number of aliphatic carboxylic acids is 1. The fourth-order valence-electron chi connectivity index (χ4n) is 7.24. The molecule has 3 heterocycles. The van der Waals surface area contributed by atoms with Crippen molar-refractivity contribution in [1.82, 2.24) is 4.90 Å². The molecular formula is C30H43NO6. The lowest BCUT2D eigenvalue weighted by molar-refractivity contribution is -0.183. The van der Waals surface area contributed by atoms with E-state index in [0.717, 1.165) is 37.9 Å². The van der Waals surface area contributed by atoms with Crippen molar-refractivity contribution in [3.05, 3.63) is 23.8 Å². The zero-order chi connectivity index (χ0) is 26.0.